The Morgan fingerprint density at radius 1 is 0.857 bits per heavy atom. The van der Waals surface area contributed by atoms with Crippen LogP contribution in [-0.2, 0) is 25.2 Å². The van der Waals surface area contributed by atoms with Crippen molar-refractivity contribution in [1.82, 2.24) is 0 Å². The van der Waals surface area contributed by atoms with Gasteiger partial charge in [0, 0.05) is 27.3 Å². The van der Waals surface area contributed by atoms with Gasteiger partial charge in [-0.25, -0.2) is 0 Å². The van der Waals surface area contributed by atoms with Crippen molar-refractivity contribution < 1.29 is 30.3 Å². The average Bonchev–Trinajstić information content (AvgIpc) is 2.40. The number of aliphatic carboxylic acids is 1. The summed E-state index contributed by atoms with van der Waals surface area (Å²) in [7, 11) is 0. The Hall–Kier alpha value is -1.89. The van der Waals surface area contributed by atoms with Crippen LogP contribution in [-0.4, -0.2) is 11.1 Å². The summed E-state index contributed by atoms with van der Waals surface area (Å²) in [5.74, 6) is -0.833. The number of rotatable bonds is 2. The molecule has 2 aromatic rings. The van der Waals surface area contributed by atoms with E-state index in [4.69, 9.17) is 15.6 Å². The Balaban J connectivity index is 0.000000715. The molecule has 0 heterocycles. The Morgan fingerprint density at radius 2 is 1.14 bits per heavy atom. The fourth-order valence-corrected chi connectivity index (χ4v) is 1.81. The van der Waals surface area contributed by atoms with Crippen molar-refractivity contribution in [3.63, 3.8) is 0 Å². The number of carboxylic acids is 1. The average molecular weight is 375 g/mol. The van der Waals surface area contributed by atoms with Gasteiger partial charge in [-0.3, -0.25) is 4.79 Å². The van der Waals surface area contributed by atoms with Crippen LogP contribution in [0.1, 0.15) is 25.0 Å². The molecule has 2 aromatic carbocycles. The minimum atomic E-state index is -0.833. The second-order valence-electron chi connectivity index (χ2n) is 4.25. The van der Waals surface area contributed by atoms with Gasteiger partial charge in [-0.05, 0) is 16.7 Å². The van der Waals surface area contributed by atoms with Crippen LogP contribution in [0.25, 0.3) is 11.3 Å². The smallest absolute Gasteiger partial charge is 0.300 e. The van der Waals surface area contributed by atoms with E-state index in [1.54, 1.807) is 0 Å². The van der Waals surface area contributed by atoms with E-state index in [-0.39, 0.29) is 20.4 Å². The molecular formula is C17H18NO2Pd-. The summed E-state index contributed by atoms with van der Waals surface area (Å²) < 4.78 is 0. The van der Waals surface area contributed by atoms with Crippen LogP contribution >= 0.6 is 0 Å². The van der Waals surface area contributed by atoms with Gasteiger partial charge >= 0.3 is 0 Å². The predicted molar refractivity (Wildman–Crippen MR) is 82.2 cm³/mol. The molecule has 4 heteroatoms. The summed E-state index contributed by atoms with van der Waals surface area (Å²) in [6.45, 7) is 2.91. The van der Waals surface area contributed by atoms with Gasteiger partial charge in [-0.15, -0.1) is 0 Å². The molecule has 0 aliphatic carbocycles. The van der Waals surface area contributed by atoms with Crippen molar-refractivity contribution >= 4 is 11.5 Å². The number of hydrogen-bond donors (Lipinski definition) is 1. The molecule has 0 bridgehead atoms. The van der Waals surface area contributed by atoms with E-state index in [0.29, 0.717) is 5.70 Å². The Morgan fingerprint density at radius 3 is 1.38 bits per heavy atom. The van der Waals surface area contributed by atoms with Crippen LogP contribution in [0.4, 0.5) is 0 Å². The molecule has 0 saturated heterocycles. The maximum atomic E-state index is 9.00. The number of allylic oxidation sites excluding steroid dienone is 1. The van der Waals surface area contributed by atoms with E-state index in [1.165, 1.54) is 0 Å². The summed E-state index contributed by atoms with van der Waals surface area (Å²) >= 11 is 0. The molecule has 0 aliphatic rings. The zero-order chi connectivity index (χ0) is 15.0. The van der Waals surface area contributed by atoms with Gasteiger partial charge < -0.3 is 10.8 Å². The number of carbonyl (C=O) groups is 1. The molecule has 3 nitrogen and oxygen atoms in total. The number of nitrogens with one attached hydrogen (secondary N) is 1. The first-order valence-electron chi connectivity index (χ1n) is 6.25. The second kappa shape index (κ2) is 9.93. The van der Waals surface area contributed by atoms with E-state index in [2.05, 4.69) is 0 Å². The van der Waals surface area contributed by atoms with Gasteiger partial charge in [0.05, 0.1) is 0 Å². The first-order valence-corrected chi connectivity index (χ1v) is 6.25. The molecule has 2 rings (SSSR count). The number of carboxylic acid groups (broad SMARTS) is 1. The molecule has 0 unspecified atom stereocenters. The molecule has 114 valence electrons. The van der Waals surface area contributed by atoms with Gasteiger partial charge in [-0.1, -0.05) is 67.6 Å². The zero-order valence-electron chi connectivity index (χ0n) is 11.9. The Bertz CT molecular complexity index is 531. The van der Waals surface area contributed by atoms with Crippen molar-refractivity contribution in [2.24, 2.45) is 0 Å². The van der Waals surface area contributed by atoms with Crippen LogP contribution in [0.2, 0.25) is 0 Å². The molecule has 0 fully saturated rings. The van der Waals surface area contributed by atoms with Crippen molar-refractivity contribution in [2.45, 2.75) is 13.8 Å². The van der Waals surface area contributed by atoms with Crippen LogP contribution in [0, 0.1) is 0 Å². The van der Waals surface area contributed by atoms with Crippen molar-refractivity contribution in [3.8, 4) is 0 Å². The topological polar surface area (TPSA) is 61.1 Å². The largest absolute Gasteiger partial charge is 0.702 e. The van der Waals surface area contributed by atoms with Crippen LogP contribution in [0.3, 0.4) is 0 Å². The van der Waals surface area contributed by atoms with Gasteiger partial charge in [0.25, 0.3) is 5.97 Å². The molecule has 0 spiro atoms. The fraction of sp³-hybridized carbons (Fsp3) is 0.118. The van der Waals surface area contributed by atoms with E-state index in [1.807, 2.05) is 67.6 Å². The first-order chi connectivity index (χ1) is 9.52. The molecule has 21 heavy (non-hydrogen) atoms. The van der Waals surface area contributed by atoms with E-state index in [0.717, 1.165) is 23.6 Å². The summed E-state index contributed by atoms with van der Waals surface area (Å²) in [5.41, 5.74) is 11.7. The number of hydrogen-bond acceptors (Lipinski definition) is 1. The van der Waals surface area contributed by atoms with Crippen LogP contribution in [0.15, 0.2) is 66.4 Å². The monoisotopic (exact) mass is 374 g/mol. The van der Waals surface area contributed by atoms with E-state index >= 15 is 0 Å². The SMILES string of the molecule is CC(=O)O.CC([NH-])=C(c1ccccc1)c1ccccc1.[Pd]. The van der Waals surface area contributed by atoms with Crippen molar-refractivity contribution in [1.29, 1.82) is 0 Å². The Kier molecular flexibility index (Phi) is 9.04. The Labute approximate surface area is 139 Å². The maximum Gasteiger partial charge on any atom is 0.300 e. The minimum absolute atomic E-state index is 0. The standard InChI is InChI=1S/C15H14N.C2H4O2.Pd/c1-12(16)15(13-8-4-2-5-9-13)14-10-6-3-7-11-14;1-2(3)4;/h2-11,16H,1H3;1H3,(H,3,4);/q-1;;. The third-order valence-electron chi connectivity index (χ3n) is 2.50. The van der Waals surface area contributed by atoms with Crippen LogP contribution < -0.4 is 0 Å². The quantitative estimate of drug-likeness (QED) is 0.780. The zero-order valence-corrected chi connectivity index (χ0v) is 13.5. The van der Waals surface area contributed by atoms with Gasteiger partial charge in [-0.2, -0.15) is 5.70 Å². The molecule has 0 aliphatic heterocycles. The minimum Gasteiger partial charge on any atom is -0.702 e. The van der Waals surface area contributed by atoms with Gasteiger partial charge in [0.1, 0.15) is 0 Å². The van der Waals surface area contributed by atoms with Crippen LogP contribution in [0.5, 0.6) is 0 Å². The molecule has 0 amide bonds. The van der Waals surface area contributed by atoms with Gasteiger partial charge in [0.2, 0.25) is 0 Å². The van der Waals surface area contributed by atoms with E-state index < -0.39 is 5.97 Å². The molecule has 2 N–H and O–H groups in total. The summed E-state index contributed by atoms with van der Waals surface area (Å²) in [6, 6.07) is 20.2. The first kappa shape index (κ1) is 19.1. The normalized spacial score (nSPS) is 8.67. The third kappa shape index (κ3) is 6.90. The molecule has 0 radical (unpaired) electrons. The fourth-order valence-electron chi connectivity index (χ4n) is 1.81. The van der Waals surface area contributed by atoms with E-state index in [9.17, 15) is 0 Å². The molecular weight excluding hydrogens is 357 g/mol. The maximum absolute atomic E-state index is 9.00. The molecule has 0 atom stereocenters. The molecule has 0 aromatic heterocycles. The summed E-state index contributed by atoms with van der Waals surface area (Å²) in [6.07, 6.45) is 0. The summed E-state index contributed by atoms with van der Waals surface area (Å²) in [5, 5.41) is 7.42. The van der Waals surface area contributed by atoms with Crippen molar-refractivity contribution in [2.75, 3.05) is 0 Å². The number of benzene rings is 2. The molecule has 0 saturated carbocycles. The predicted octanol–water partition coefficient (Wildman–Crippen LogP) is 4.61. The van der Waals surface area contributed by atoms with Gasteiger partial charge in [0.15, 0.2) is 0 Å². The third-order valence-corrected chi connectivity index (χ3v) is 2.50. The van der Waals surface area contributed by atoms with Crippen molar-refractivity contribution in [3.05, 3.63) is 83.2 Å². The summed E-state index contributed by atoms with van der Waals surface area (Å²) in [4.78, 5) is 9.00. The second-order valence-corrected chi connectivity index (χ2v) is 4.25.